The molecule has 2 aliphatic heterocycles. The minimum Gasteiger partial charge on any atom is -0.489 e. The summed E-state index contributed by atoms with van der Waals surface area (Å²) >= 11 is 12.2. The van der Waals surface area contributed by atoms with Gasteiger partial charge >= 0.3 is 5.97 Å². The number of carboxylic acids is 1. The molecule has 0 saturated heterocycles. The average molecular weight is 823 g/mol. The number of fused-ring (bicyclic) bond motifs is 2. The molecule has 2 N–H and O–H groups in total. The molecule has 0 spiro atoms. The van der Waals surface area contributed by atoms with Gasteiger partial charge in [-0.1, -0.05) is 86.4 Å². The number of halogens is 2. The predicted molar refractivity (Wildman–Crippen MR) is 227 cm³/mol. The number of ether oxygens (including phenoxy) is 3. The van der Waals surface area contributed by atoms with Crippen LogP contribution in [-0.2, 0) is 35.6 Å². The SMILES string of the molecule is CCC(C(C)C)N1Cc2cc3c(cc2CC1C(=O)NC(Cc1ccc(-c2ccnc(C)c2C)cc1)C(=O)O)OCC(c1ccc(OCc2ccc(Cl)c(Cl)c2)cc1)O3. The Kier molecular flexibility index (Phi) is 12.6. The Balaban J connectivity index is 1.04. The number of hydrogen-bond acceptors (Lipinski definition) is 7. The Morgan fingerprint density at radius 1 is 0.931 bits per heavy atom. The fraction of sp³-hybridized carbons (Fsp3) is 0.340. The fourth-order valence-corrected chi connectivity index (χ4v) is 8.39. The van der Waals surface area contributed by atoms with Gasteiger partial charge in [-0.2, -0.15) is 0 Å². The lowest BCUT2D eigenvalue weighted by Crippen LogP contribution is -2.57. The van der Waals surface area contributed by atoms with E-state index in [-0.39, 0.29) is 30.4 Å². The van der Waals surface area contributed by atoms with Crippen LogP contribution in [0, 0.1) is 19.8 Å². The standard InChI is InChI=1S/C47H49Cl2N3O6/c1-6-41(27(2)3)52-24-35-23-44-43(57-26-45(58-44)33-12-14-36(15-13-33)56-25-31-9-16-38(48)39(49)19-31)22-34(35)21-42(52)46(53)51-40(47(54)55)20-30-7-10-32(11-8-30)37-17-18-50-29(5)28(37)4/h7-19,22-23,27,40-42,45H,6,20-21,24-26H2,1-5H3,(H,51,53)(H,54,55). The zero-order valence-electron chi connectivity index (χ0n) is 33.4. The molecule has 0 radical (unpaired) electrons. The Bertz CT molecular complexity index is 2280. The van der Waals surface area contributed by atoms with E-state index in [1.165, 1.54) is 0 Å². The first-order chi connectivity index (χ1) is 27.9. The number of aromatic nitrogens is 1. The maximum absolute atomic E-state index is 14.2. The van der Waals surface area contributed by atoms with Crippen molar-refractivity contribution in [3.8, 4) is 28.4 Å². The lowest BCUT2D eigenvalue weighted by molar-refractivity contribution is -0.143. The van der Waals surface area contributed by atoms with Gasteiger partial charge in [-0.05, 0) is 120 Å². The minimum absolute atomic E-state index is 0.0957. The summed E-state index contributed by atoms with van der Waals surface area (Å²) in [5.41, 5.74) is 8.94. The third-order valence-corrected chi connectivity index (χ3v) is 12.2. The number of amides is 1. The van der Waals surface area contributed by atoms with Crippen molar-refractivity contribution >= 4 is 35.1 Å². The molecule has 0 bridgehead atoms. The fourth-order valence-electron chi connectivity index (χ4n) is 8.07. The summed E-state index contributed by atoms with van der Waals surface area (Å²) in [6.45, 7) is 11.7. The number of nitrogens with zero attached hydrogens (tertiary/aromatic N) is 2. The van der Waals surface area contributed by atoms with E-state index in [9.17, 15) is 14.7 Å². The molecule has 11 heteroatoms. The highest BCUT2D eigenvalue weighted by Gasteiger charge is 2.39. The van der Waals surface area contributed by atoms with E-state index in [2.05, 4.69) is 36.0 Å². The highest BCUT2D eigenvalue weighted by Crippen LogP contribution is 2.42. The van der Waals surface area contributed by atoms with Crippen LogP contribution in [0.15, 0.2) is 91.1 Å². The normalized spacial score (nSPS) is 17.3. The van der Waals surface area contributed by atoms with Crippen LogP contribution in [0.3, 0.4) is 0 Å². The van der Waals surface area contributed by atoms with Gasteiger partial charge in [-0.15, -0.1) is 0 Å². The van der Waals surface area contributed by atoms with Crippen molar-refractivity contribution in [2.45, 2.75) is 91.3 Å². The molecule has 1 aromatic heterocycles. The van der Waals surface area contributed by atoms with E-state index in [1.54, 1.807) is 18.3 Å². The Morgan fingerprint density at radius 2 is 1.66 bits per heavy atom. The Morgan fingerprint density at radius 3 is 2.34 bits per heavy atom. The van der Waals surface area contributed by atoms with E-state index < -0.39 is 18.1 Å². The van der Waals surface area contributed by atoms with Crippen LogP contribution >= 0.6 is 23.2 Å². The second kappa shape index (κ2) is 17.8. The molecule has 4 atom stereocenters. The molecule has 9 nitrogen and oxygen atoms in total. The van der Waals surface area contributed by atoms with E-state index in [0.29, 0.717) is 53.5 Å². The molecule has 302 valence electrons. The predicted octanol–water partition coefficient (Wildman–Crippen LogP) is 9.74. The van der Waals surface area contributed by atoms with Gasteiger partial charge in [0.05, 0.1) is 16.1 Å². The van der Waals surface area contributed by atoms with Crippen molar-refractivity contribution in [2.75, 3.05) is 6.61 Å². The maximum atomic E-state index is 14.2. The molecule has 4 aromatic carbocycles. The third kappa shape index (κ3) is 9.12. The molecule has 4 unspecified atom stereocenters. The van der Waals surface area contributed by atoms with Crippen molar-refractivity contribution in [3.05, 3.63) is 140 Å². The molecule has 0 saturated carbocycles. The molecule has 0 aliphatic carbocycles. The Labute approximate surface area is 350 Å². The molecule has 2 aliphatic rings. The molecule has 5 aromatic rings. The van der Waals surface area contributed by atoms with Crippen LogP contribution in [0.4, 0.5) is 0 Å². The first-order valence-electron chi connectivity index (χ1n) is 19.8. The van der Waals surface area contributed by atoms with Gasteiger partial charge in [0, 0.05) is 30.9 Å². The lowest BCUT2D eigenvalue weighted by Gasteiger charge is -2.43. The van der Waals surface area contributed by atoms with Gasteiger partial charge < -0.3 is 24.6 Å². The first kappa shape index (κ1) is 41.1. The number of carbonyl (C=O) groups is 2. The number of aliphatic carboxylic acids is 1. The van der Waals surface area contributed by atoms with Crippen LogP contribution in [0.2, 0.25) is 10.0 Å². The lowest BCUT2D eigenvalue weighted by atomic mass is 9.88. The second-order valence-electron chi connectivity index (χ2n) is 15.6. The van der Waals surface area contributed by atoms with Crippen LogP contribution in [0.5, 0.6) is 17.2 Å². The number of carboxylic acid groups (broad SMARTS) is 1. The number of rotatable bonds is 13. The van der Waals surface area contributed by atoms with Crippen molar-refractivity contribution in [3.63, 3.8) is 0 Å². The number of pyridine rings is 1. The van der Waals surface area contributed by atoms with Gasteiger partial charge in [0.25, 0.3) is 0 Å². The molecule has 0 fully saturated rings. The molecular weight excluding hydrogens is 773 g/mol. The number of nitrogens with one attached hydrogen (secondary N) is 1. The number of hydrogen-bond donors (Lipinski definition) is 2. The van der Waals surface area contributed by atoms with E-state index in [4.69, 9.17) is 37.4 Å². The molecule has 1 amide bonds. The summed E-state index contributed by atoms with van der Waals surface area (Å²) in [4.78, 5) is 33.4. The zero-order valence-corrected chi connectivity index (χ0v) is 34.9. The number of benzene rings is 4. The zero-order chi connectivity index (χ0) is 41.1. The number of aryl methyl sites for hydroxylation is 1. The van der Waals surface area contributed by atoms with E-state index >= 15 is 0 Å². The molecule has 7 rings (SSSR count). The van der Waals surface area contributed by atoms with Crippen LogP contribution in [-0.4, -0.2) is 51.6 Å². The quantitative estimate of drug-likeness (QED) is 0.121. The largest absolute Gasteiger partial charge is 0.489 e. The van der Waals surface area contributed by atoms with Crippen LogP contribution < -0.4 is 19.5 Å². The first-order valence-corrected chi connectivity index (χ1v) is 20.6. The van der Waals surface area contributed by atoms with E-state index in [0.717, 1.165) is 56.6 Å². The summed E-state index contributed by atoms with van der Waals surface area (Å²) in [7, 11) is 0. The molecular formula is C47H49Cl2N3O6. The second-order valence-corrected chi connectivity index (χ2v) is 16.4. The monoisotopic (exact) mass is 821 g/mol. The van der Waals surface area contributed by atoms with Crippen molar-refractivity contribution in [1.29, 1.82) is 0 Å². The van der Waals surface area contributed by atoms with Gasteiger partial charge in [0.1, 0.15) is 25.0 Å². The average Bonchev–Trinajstić information content (AvgIpc) is 3.21. The number of carbonyl (C=O) groups excluding carboxylic acids is 1. The maximum Gasteiger partial charge on any atom is 0.326 e. The summed E-state index contributed by atoms with van der Waals surface area (Å²) < 4.78 is 18.8. The smallest absolute Gasteiger partial charge is 0.326 e. The van der Waals surface area contributed by atoms with Crippen LogP contribution in [0.1, 0.15) is 72.4 Å². The summed E-state index contributed by atoms with van der Waals surface area (Å²) in [6.07, 6.45) is 2.89. The van der Waals surface area contributed by atoms with Crippen molar-refractivity contribution < 1.29 is 28.9 Å². The summed E-state index contributed by atoms with van der Waals surface area (Å²) in [5.74, 6) is 0.893. The third-order valence-electron chi connectivity index (χ3n) is 11.4. The van der Waals surface area contributed by atoms with Crippen molar-refractivity contribution in [2.24, 2.45) is 5.92 Å². The van der Waals surface area contributed by atoms with Gasteiger partial charge in [0.2, 0.25) is 5.91 Å². The highest BCUT2D eigenvalue weighted by atomic mass is 35.5. The van der Waals surface area contributed by atoms with Gasteiger partial charge in [-0.25, -0.2) is 4.79 Å². The van der Waals surface area contributed by atoms with E-state index in [1.807, 2.05) is 86.6 Å². The summed E-state index contributed by atoms with van der Waals surface area (Å²) in [6, 6.07) is 25.5. The highest BCUT2D eigenvalue weighted by molar-refractivity contribution is 6.42. The van der Waals surface area contributed by atoms with Gasteiger partial charge in [-0.3, -0.25) is 14.7 Å². The molecule has 58 heavy (non-hydrogen) atoms. The topological polar surface area (TPSA) is 110 Å². The molecule has 3 heterocycles. The van der Waals surface area contributed by atoms with Crippen molar-refractivity contribution in [1.82, 2.24) is 15.2 Å². The minimum atomic E-state index is -1.09. The summed E-state index contributed by atoms with van der Waals surface area (Å²) in [5, 5.41) is 14.2. The van der Waals surface area contributed by atoms with Gasteiger partial charge in [0.15, 0.2) is 17.6 Å². The Hall–Kier alpha value is -5.09. The van der Waals surface area contributed by atoms with Crippen LogP contribution in [0.25, 0.3) is 11.1 Å².